The van der Waals surface area contributed by atoms with Crippen LogP contribution in [0.2, 0.25) is 5.02 Å². The van der Waals surface area contributed by atoms with Crippen molar-refractivity contribution < 1.29 is 14.3 Å². The second-order valence-corrected chi connectivity index (χ2v) is 6.42. The van der Waals surface area contributed by atoms with Crippen molar-refractivity contribution in [3.8, 4) is 11.5 Å². The minimum absolute atomic E-state index is 0.291. The van der Waals surface area contributed by atoms with Gasteiger partial charge in [0, 0.05) is 11.1 Å². The molecule has 0 aliphatic heterocycles. The van der Waals surface area contributed by atoms with Crippen molar-refractivity contribution in [2.75, 3.05) is 24.9 Å². The van der Waals surface area contributed by atoms with Gasteiger partial charge in [-0.05, 0) is 42.8 Å². The number of methoxy groups -OCH3 is 2. The SMILES string of the molecule is COc1cc(Cl)c(C)cc1Nc1ccc(NC(=O)c2ccccc2OC)nc1. The van der Waals surface area contributed by atoms with Gasteiger partial charge in [0.05, 0.1) is 37.4 Å². The van der Waals surface area contributed by atoms with Crippen molar-refractivity contribution in [2.45, 2.75) is 6.92 Å². The number of carbonyl (C=O) groups excluding carboxylic acids is 1. The minimum atomic E-state index is -0.291. The van der Waals surface area contributed by atoms with Gasteiger partial charge in [-0.3, -0.25) is 4.79 Å². The molecule has 1 heterocycles. The normalized spacial score (nSPS) is 10.3. The molecule has 6 nitrogen and oxygen atoms in total. The van der Waals surface area contributed by atoms with Crippen LogP contribution in [0.15, 0.2) is 54.7 Å². The van der Waals surface area contributed by atoms with Crippen molar-refractivity contribution in [1.82, 2.24) is 4.98 Å². The van der Waals surface area contributed by atoms with Gasteiger partial charge < -0.3 is 20.1 Å². The van der Waals surface area contributed by atoms with E-state index in [9.17, 15) is 4.79 Å². The molecule has 28 heavy (non-hydrogen) atoms. The lowest BCUT2D eigenvalue weighted by molar-refractivity contribution is 0.102. The molecule has 0 bridgehead atoms. The van der Waals surface area contributed by atoms with E-state index in [4.69, 9.17) is 21.1 Å². The molecule has 2 aromatic carbocycles. The number of anilines is 3. The molecular formula is C21H20ClN3O3. The number of carbonyl (C=O) groups is 1. The maximum Gasteiger partial charge on any atom is 0.260 e. The molecule has 1 aromatic heterocycles. The summed E-state index contributed by atoms with van der Waals surface area (Å²) in [7, 11) is 3.11. The Bertz CT molecular complexity index is 991. The molecule has 1 amide bonds. The number of ether oxygens (including phenoxy) is 2. The fourth-order valence-corrected chi connectivity index (χ4v) is 2.80. The number of nitrogens with zero attached hydrogens (tertiary/aromatic N) is 1. The van der Waals surface area contributed by atoms with Gasteiger partial charge in [0.2, 0.25) is 0 Å². The molecule has 3 rings (SSSR count). The van der Waals surface area contributed by atoms with Crippen molar-refractivity contribution in [3.05, 3.63) is 70.9 Å². The van der Waals surface area contributed by atoms with Gasteiger partial charge in [-0.25, -0.2) is 4.98 Å². The highest BCUT2D eigenvalue weighted by atomic mass is 35.5. The number of benzene rings is 2. The lowest BCUT2D eigenvalue weighted by atomic mass is 10.2. The summed E-state index contributed by atoms with van der Waals surface area (Å²) in [5, 5.41) is 6.64. The fourth-order valence-electron chi connectivity index (χ4n) is 2.64. The third kappa shape index (κ3) is 4.35. The van der Waals surface area contributed by atoms with E-state index in [-0.39, 0.29) is 5.91 Å². The Balaban J connectivity index is 1.74. The van der Waals surface area contributed by atoms with Gasteiger partial charge in [-0.15, -0.1) is 0 Å². The molecule has 0 aliphatic rings. The predicted molar refractivity (Wildman–Crippen MR) is 111 cm³/mol. The number of pyridine rings is 1. The van der Waals surface area contributed by atoms with Crippen LogP contribution in [-0.4, -0.2) is 25.1 Å². The highest BCUT2D eigenvalue weighted by Gasteiger charge is 2.12. The van der Waals surface area contributed by atoms with E-state index >= 15 is 0 Å². The zero-order valence-electron chi connectivity index (χ0n) is 15.7. The lowest BCUT2D eigenvalue weighted by Gasteiger charge is -2.13. The van der Waals surface area contributed by atoms with Crippen LogP contribution < -0.4 is 20.1 Å². The van der Waals surface area contributed by atoms with E-state index in [1.54, 1.807) is 49.7 Å². The number of halogens is 1. The average Bonchev–Trinajstić information content (AvgIpc) is 2.71. The number of aryl methyl sites for hydroxylation is 1. The smallest absolute Gasteiger partial charge is 0.260 e. The van der Waals surface area contributed by atoms with Crippen LogP contribution in [0.25, 0.3) is 0 Å². The third-order valence-corrected chi connectivity index (χ3v) is 4.52. The Morgan fingerprint density at radius 1 is 1.04 bits per heavy atom. The first-order valence-electron chi connectivity index (χ1n) is 8.53. The molecule has 0 fully saturated rings. The standard InChI is InChI=1S/C21H20ClN3O3/c1-13-10-17(19(28-3)11-16(13)22)24-14-8-9-20(23-12-14)25-21(26)15-6-4-5-7-18(15)27-2/h4-12,24H,1-3H3,(H,23,25,26). The molecule has 7 heteroatoms. The maximum atomic E-state index is 12.4. The van der Waals surface area contributed by atoms with Crippen molar-refractivity contribution in [1.29, 1.82) is 0 Å². The second-order valence-electron chi connectivity index (χ2n) is 6.01. The van der Waals surface area contributed by atoms with Crippen LogP contribution in [0.1, 0.15) is 15.9 Å². The molecule has 0 saturated heterocycles. The first-order valence-corrected chi connectivity index (χ1v) is 8.91. The quantitative estimate of drug-likeness (QED) is 0.608. The summed E-state index contributed by atoms with van der Waals surface area (Å²) in [6, 6.07) is 14.2. The van der Waals surface area contributed by atoms with Gasteiger partial charge in [0.25, 0.3) is 5.91 Å². The minimum Gasteiger partial charge on any atom is -0.496 e. The molecule has 0 atom stereocenters. The first kappa shape index (κ1) is 19.5. The molecule has 0 unspecified atom stereocenters. The van der Waals surface area contributed by atoms with Gasteiger partial charge in [0.1, 0.15) is 17.3 Å². The fraction of sp³-hybridized carbons (Fsp3) is 0.143. The highest BCUT2D eigenvalue weighted by Crippen LogP contribution is 2.33. The van der Waals surface area contributed by atoms with Gasteiger partial charge in [-0.2, -0.15) is 0 Å². The van der Waals surface area contributed by atoms with Gasteiger partial charge in [0.15, 0.2) is 0 Å². The highest BCUT2D eigenvalue weighted by molar-refractivity contribution is 6.31. The molecule has 0 radical (unpaired) electrons. The van der Waals surface area contributed by atoms with E-state index in [1.807, 2.05) is 19.1 Å². The Morgan fingerprint density at radius 3 is 2.46 bits per heavy atom. The summed E-state index contributed by atoms with van der Waals surface area (Å²) in [5.74, 6) is 1.27. The van der Waals surface area contributed by atoms with Crippen molar-refractivity contribution in [2.24, 2.45) is 0 Å². The van der Waals surface area contributed by atoms with E-state index in [0.717, 1.165) is 16.9 Å². The van der Waals surface area contributed by atoms with Crippen molar-refractivity contribution >= 4 is 34.7 Å². The molecule has 0 aliphatic carbocycles. The van der Waals surface area contributed by atoms with Crippen LogP contribution >= 0.6 is 11.6 Å². The zero-order valence-corrected chi connectivity index (χ0v) is 16.5. The van der Waals surface area contributed by atoms with Crippen LogP contribution in [-0.2, 0) is 0 Å². The number of amides is 1. The lowest BCUT2D eigenvalue weighted by Crippen LogP contribution is -2.14. The van der Waals surface area contributed by atoms with E-state index in [1.165, 1.54) is 7.11 Å². The summed E-state index contributed by atoms with van der Waals surface area (Å²) < 4.78 is 10.6. The van der Waals surface area contributed by atoms with Crippen LogP contribution in [0.4, 0.5) is 17.2 Å². The maximum absolute atomic E-state index is 12.4. The Morgan fingerprint density at radius 2 is 1.79 bits per heavy atom. The monoisotopic (exact) mass is 397 g/mol. The summed E-state index contributed by atoms with van der Waals surface area (Å²) in [4.78, 5) is 16.7. The summed E-state index contributed by atoms with van der Waals surface area (Å²) >= 11 is 6.14. The van der Waals surface area contributed by atoms with Crippen LogP contribution in [0.5, 0.6) is 11.5 Å². The molecule has 0 spiro atoms. The van der Waals surface area contributed by atoms with Gasteiger partial charge >= 0.3 is 0 Å². The Kier molecular flexibility index (Phi) is 6.01. The van der Waals surface area contributed by atoms with E-state index < -0.39 is 0 Å². The number of hydrogen-bond acceptors (Lipinski definition) is 5. The molecule has 3 aromatic rings. The predicted octanol–water partition coefficient (Wildman–Crippen LogP) is 5.06. The second kappa shape index (κ2) is 8.63. The number of aromatic nitrogens is 1. The van der Waals surface area contributed by atoms with Gasteiger partial charge in [-0.1, -0.05) is 23.7 Å². The summed E-state index contributed by atoms with van der Waals surface area (Å²) in [5.41, 5.74) is 2.89. The number of rotatable bonds is 6. The largest absolute Gasteiger partial charge is 0.496 e. The average molecular weight is 398 g/mol. The first-order chi connectivity index (χ1) is 13.5. The Hall–Kier alpha value is -3.25. The number of nitrogens with one attached hydrogen (secondary N) is 2. The molecule has 0 saturated carbocycles. The molecule has 2 N–H and O–H groups in total. The van der Waals surface area contributed by atoms with Crippen LogP contribution in [0.3, 0.4) is 0 Å². The zero-order chi connectivity index (χ0) is 20.1. The Labute approximate surface area is 168 Å². The number of hydrogen-bond donors (Lipinski definition) is 2. The molecule has 144 valence electrons. The topological polar surface area (TPSA) is 72.5 Å². The third-order valence-electron chi connectivity index (χ3n) is 4.12. The number of para-hydroxylation sites is 1. The summed E-state index contributed by atoms with van der Waals surface area (Å²) in [6.45, 7) is 1.92. The summed E-state index contributed by atoms with van der Waals surface area (Å²) in [6.07, 6.45) is 1.63. The van der Waals surface area contributed by atoms with Crippen LogP contribution in [0, 0.1) is 6.92 Å². The van der Waals surface area contributed by atoms with Crippen molar-refractivity contribution in [3.63, 3.8) is 0 Å². The van der Waals surface area contributed by atoms with E-state index in [2.05, 4.69) is 15.6 Å². The molecular weight excluding hydrogens is 378 g/mol. The van der Waals surface area contributed by atoms with E-state index in [0.29, 0.717) is 27.9 Å².